The Morgan fingerprint density at radius 1 is 0.881 bits per heavy atom. The number of hydrogen-bond donors (Lipinski definition) is 2. The highest BCUT2D eigenvalue weighted by Gasteiger charge is 2.39. The van der Waals surface area contributed by atoms with Crippen molar-refractivity contribution < 1.29 is 24.2 Å². The van der Waals surface area contributed by atoms with Crippen molar-refractivity contribution in [3.8, 4) is 5.75 Å². The van der Waals surface area contributed by atoms with Crippen LogP contribution < -0.4 is 5.32 Å². The van der Waals surface area contributed by atoms with Crippen molar-refractivity contribution >= 4 is 11.9 Å². The molecule has 0 amide bonds. The van der Waals surface area contributed by atoms with Crippen LogP contribution in [0.2, 0.25) is 0 Å². The summed E-state index contributed by atoms with van der Waals surface area (Å²) < 4.78 is 11.3. The molecule has 0 saturated heterocycles. The molecule has 42 heavy (non-hydrogen) atoms. The summed E-state index contributed by atoms with van der Waals surface area (Å²) >= 11 is 0. The van der Waals surface area contributed by atoms with Crippen molar-refractivity contribution in [3.63, 3.8) is 0 Å². The molecule has 0 fully saturated rings. The van der Waals surface area contributed by atoms with E-state index < -0.39 is 28.7 Å². The maximum absolute atomic E-state index is 13.8. The highest BCUT2D eigenvalue weighted by atomic mass is 16.5. The molecule has 1 atom stereocenters. The number of dihydropyridines is 1. The standard InChI is InChI=1S/C35H48N2O5/c1-11-41-32(39)28-22(2)36-23(3)29(33(40)42-18-17-37(10)21-24-15-13-12-14-16-24)30(28)25-19-26(34(4,5)6)31(38)27(20-25)35(7,8)9/h12-16,19-20,30,36,38H,11,17-18,21H2,1-10H3. The molecule has 228 valence electrons. The summed E-state index contributed by atoms with van der Waals surface area (Å²) in [5.74, 6) is -1.48. The smallest absolute Gasteiger partial charge is 0.336 e. The molecule has 2 aromatic carbocycles. The Hall–Kier alpha value is -3.58. The van der Waals surface area contributed by atoms with E-state index in [-0.39, 0.29) is 19.0 Å². The van der Waals surface area contributed by atoms with E-state index in [0.717, 1.165) is 23.2 Å². The van der Waals surface area contributed by atoms with Gasteiger partial charge in [0.1, 0.15) is 12.4 Å². The maximum Gasteiger partial charge on any atom is 0.336 e. The first-order valence-corrected chi connectivity index (χ1v) is 14.7. The Balaban J connectivity index is 2.05. The van der Waals surface area contributed by atoms with Gasteiger partial charge in [0.05, 0.1) is 23.7 Å². The molecule has 0 bridgehead atoms. The molecule has 1 aliphatic heterocycles. The monoisotopic (exact) mass is 576 g/mol. The molecule has 2 N–H and O–H groups in total. The van der Waals surface area contributed by atoms with Gasteiger partial charge in [-0.15, -0.1) is 0 Å². The fraction of sp³-hybridized carbons (Fsp3) is 0.486. The number of aromatic hydroxyl groups is 1. The Morgan fingerprint density at radius 3 is 1.86 bits per heavy atom. The van der Waals surface area contributed by atoms with Crippen molar-refractivity contribution in [1.82, 2.24) is 10.2 Å². The molecule has 1 unspecified atom stereocenters. The zero-order chi connectivity index (χ0) is 31.4. The second-order valence-electron chi connectivity index (χ2n) is 13.2. The number of rotatable bonds is 9. The van der Waals surface area contributed by atoms with Gasteiger partial charge in [-0.25, -0.2) is 9.59 Å². The molecule has 1 aliphatic rings. The number of allylic oxidation sites excluding steroid dienone is 2. The second-order valence-corrected chi connectivity index (χ2v) is 13.2. The van der Waals surface area contributed by atoms with E-state index in [1.807, 2.05) is 92.8 Å². The molecule has 0 radical (unpaired) electrons. The molecule has 1 heterocycles. The predicted molar refractivity (Wildman–Crippen MR) is 167 cm³/mol. The third-order valence-corrected chi connectivity index (χ3v) is 7.56. The van der Waals surface area contributed by atoms with Crippen molar-refractivity contribution in [2.45, 2.75) is 85.6 Å². The fourth-order valence-corrected chi connectivity index (χ4v) is 5.39. The highest BCUT2D eigenvalue weighted by Crippen LogP contribution is 2.45. The molecule has 0 aliphatic carbocycles. The minimum Gasteiger partial charge on any atom is -0.507 e. The lowest BCUT2D eigenvalue weighted by Crippen LogP contribution is -2.33. The average molecular weight is 577 g/mol. The number of hydrogen-bond acceptors (Lipinski definition) is 7. The predicted octanol–water partition coefficient (Wildman–Crippen LogP) is 6.46. The van der Waals surface area contributed by atoms with Crippen LogP contribution in [0, 0.1) is 0 Å². The van der Waals surface area contributed by atoms with Crippen molar-refractivity contribution in [2.24, 2.45) is 0 Å². The van der Waals surface area contributed by atoms with Crippen LogP contribution in [0.15, 0.2) is 65.0 Å². The molecular weight excluding hydrogens is 528 g/mol. The number of nitrogens with one attached hydrogen (secondary N) is 1. The average Bonchev–Trinajstić information content (AvgIpc) is 2.87. The number of ether oxygens (including phenoxy) is 2. The van der Waals surface area contributed by atoms with Crippen LogP contribution in [-0.4, -0.2) is 48.8 Å². The number of nitrogens with zero attached hydrogens (tertiary/aromatic N) is 1. The molecule has 0 aromatic heterocycles. The maximum atomic E-state index is 13.8. The van der Waals surface area contributed by atoms with Gasteiger partial charge in [-0.05, 0) is 60.9 Å². The molecule has 0 saturated carbocycles. The number of benzene rings is 2. The van der Waals surface area contributed by atoms with E-state index in [9.17, 15) is 14.7 Å². The molecule has 3 rings (SSSR count). The minimum absolute atomic E-state index is 0.194. The van der Waals surface area contributed by atoms with Crippen LogP contribution in [0.1, 0.15) is 90.5 Å². The summed E-state index contributed by atoms with van der Waals surface area (Å²) in [4.78, 5) is 29.4. The van der Waals surface area contributed by atoms with E-state index in [4.69, 9.17) is 9.47 Å². The Bertz CT molecular complexity index is 1320. The van der Waals surface area contributed by atoms with Crippen LogP contribution in [-0.2, 0) is 36.4 Å². The lowest BCUT2D eigenvalue weighted by molar-refractivity contribution is -0.140. The third kappa shape index (κ3) is 7.62. The second kappa shape index (κ2) is 13.2. The largest absolute Gasteiger partial charge is 0.507 e. The van der Waals surface area contributed by atoms with Gasteiger partial charge in [0.25, 0.3) is 0 Å². The lowest BCUT2D eigenvalue weighted by Gasteiger charge is -2.33. The first kappa shape index (κ1) is 32.9. The van der Waals surface area contributed by atoms with E-state index in [1.54, 1.807) is 6.92 Å². The number of carbonyl (C=O) groups is 2. The van der Waals surface area contributed by atoms with E-state index in [0.29, 0.717) is 29.1 Å². The number of phenols is 1. The van der Waals surface area contributed by atoms with Gasteiger partial charge in [0, 0.05) is 24.5 Å². The first-order valence-electron chi connectivity index (χ1n) is 14.7. The Morgan fingerprint density at radius 2 is 1.38 bits per heavy atom. The minimum atomic E-state index is -0.734. The van der Waals surface area contributed by atoms with Crippen LogP contribution in [0.25, 0.3) is 0 Å². The van der Waals surface area contributed by atoms with Gasteiger partial charge in [0.2, 0.25) is 0 Å². The summed E-state index contributed by atoms with van der Waals surface area (Å²) in [6.45, 7) is 19.3. The van der Waals surface area contributed by atoms with Crippen molar-refractivity contribution in [3.05, 3.63) is 87.3 Å². The summed E-state index contributed by atoms with van der Waals surface area (Å²) in [7, 11) is 1.99. The van der Waals surface area contributed by atoms with Crippen LogP contribution in [0.5, 0.6) is 5.75 Å². The number of carbonyl (C=O) groups excluding carboxylic acids is 2. The zero-order valence-corrected chi connectivity index (χ0v) is 27.0. The third-order valence-electron chi connectivity index (χ3n) is 7.56. The van der Waals surface area contributed by atoms with E-state index in [2.05, 4.69) is 22.3 Å². The summed E-state index contributed by atoms with van der Waals surface area (Å²) in [6, 6.07) is 14.0. The molecular formula is C35H48N2O5. The Labute approximate surface area is 251 Å². The number of esters is 2. The van der Waals surface area contributed by atoms with Crippen LogP contribution in [0.3, 0.4) is 0 Å². The van der Waals surface area contributed by atoms with Gasteiger partial charge < -0.3 is 19.9 Å². The number of likely N-dealkylation sites (N-methyl/N-ethyl adjacent to an activating group) is 1. The molecule has 2 aromatic rings. The van der Waals surface area contributed by atoms with E-state index in [1.165, 1.54) is 5.56 Å². The Kier molecular flexibility index (Phi) is 10.3. The highest BCUT2D eigenvalue weighted by molar-refractivity contribution is 6.00. The summed E-state index contributed by atoms with van der Waals surface area (Å²) in [5.41, 5.74) is 4.60. The van der Waals surface area contributed by atoms with Crippen LogP contribution >= 0.6 is 0 Å². The first-order chi connectivity index (χ1) is 19.6. The van der Waals surface area contributed by atoms with E-state index >= 15 is 0 Å². The zero-order valence-electron chi connectivity index (χ0n) is 27.0. The summed E-state index contributed by atoms with van der Waals surface area (Å²) in [5, 5.41) is 14.6. The van der Waals surface area contributed by atoms with Crippen LogP contribution in [0.4, 0.5) is 0 Å². The quantitative estimate of drug-likeness (QED) is 0.331. The normalized spacial score (nSPS) is 16.0. The van der Waals surface area contributed by atoms with Gasteiger partial charge in [-0.2, -0.15) is 0 Å². The SMILES string of the molecule is CCOC(=O)C1=C(C)NC(C)=C(C(=O)OCCN(C)Cc2ccccc2)C1c1cc(C(C)(C)C)c(O)c(C(C)(C)C)c1. The van der Waals surface area contributed by atoms with Gasteiger partial charge in [-0.1, -0.05) is 84.0 Å². The lowest BCUT2D eigenvalue weighted by atomic mass is 9.73. The molecule has 0 spiro atoms. The van der Waals surface area contributed by atoms with Crippen molar-refractivity contribution in [1.29, 1.82) is 0 Å². The number of phenolic OH excluding ortho intramolecular Hbond substituents is 1. The molecule has 7 heteroatoms. The summed E-state index contributed by atoms with van der Waals surface area (Å²) in [6.07, 6.45) is 0. The van der Waals surface area contributed by atoms with Gasteiger partial charge in [-0.3, -0.25) is 4.90 Å². The van der Waals surface area contributed by atoms with Gasteiger partial charge in [0.15, 0.2) is 0 Å². The topological polar surface area (TPSA) is 88.1 Å². The van der Waals surface area contributed by atoms with Crippen molar-refractivity contribution in [2.75, 3.05) is 26.8 Å². The fourth-order valence-electron chi connectivity index (χ4n) is 5.39. The van der Waals surface area contributed by atoms with Gasteiger partial charge >= 0.3 is 11.9 Å². The molecule has 7 nitrogen and oxygen atoms in total.